The van der Waals surface area contributed by atoms with Crippen molar-refractivity contribution < 1.29 is 0 Å². The van der Waals surface area contributed by atoms with E-state index in [9.17, 15) is 0 Å². The molecule has 2 aromatic carbocycles. The molecule has 0 aliphatic heterocycles. The van der Waals surface area contributed by atoms with Crippen LogP contribution in [0.2, 0.25) is 0 Å². The molecule has 0 saturated carbocycles. The first-order valence-corrected chi connectivity index (χ1v) is 7.29. The zero-order valence-electron chi connectivity index (χ0n) is 13.0. The van der Waals surface area contributed by atoms with Gasteiger partial charge in [-0.05, 0) is 24.0 Å². The highest BCUT2D eigenvalue weighted by atomic mass is 14.9. The van der Waals surface area contributed by atoms with Gasteiger partial charge in [0.15, 0.2) is 0 Å². The van der Waals surface area contributed by atoms with E-state index in [1.807, 2.05) is 25.1 Å². The van der Waals surface area contributed by atoms with E-state index in [1.165, 1.54) is 5.56 Å². The average Bonchev–Trinajstić information content (AvgIpc) is 2.45. The van der Waals surface area contributed by atoms with Crippen molar-refractivity contribution in [3.63, 3.8) is 0 Å². The van der Waals surface area contributed by atoms with Crippen LogP contribution >= 0.6 is 0 Å². The molecule has 106 valence electrons. The number of benzene rings is 2. The third kappa shape index (κ3) is 2.66. The van der Waals surface area contributed by atoms with Crippen LogP contribution in [0.1, 0.15) is 32.2 Å². The van der Waals surface area contributed by atoms with Crippen molar-refractivity contribution in [2.45, 2.75) is 33.1 Å². The number of aromatic nitrogens is 2. The lowest BCUT2D eigenvalue weighted by atomic mass is 9.86. The van der Waals surface area contributed by atoms with E-state index in [0.717, 1.165) is 28.0 Å². The molecule has 0 atom stereocenters. The Hall–Kier alpha value is -2.22. The summed E-state index contributed by atoms with van der Waals surface area (Å²) in [6.07, 6.45) is 0. The van der Waals surface area contributed by atoms with E-state index in [-0.39, 0.29) is 5.41 Å². The van der Waals surface area contributed by atoms with Gasteiger partial charge in [0.05, 0.1) is 11.2 Å². The first-order valence-electron chi connectivity index (χ1n) is 7.29. The van der Waals surface area contributed by atoms with E-state index in [2.05, 4.69) is 61.1 Å². The molecular weight excluding hydrogens is 256 g/mol. The summed E-state index contributed by atoms with van der Waals surface area (Å²) < 4.78 is 0. The van der Waals surface area contributed by atoms with Crippen LogP contribution in [0.25, 0.3) is 22.2 Å². The molecule has 0 N–H and O–H groups in total. The molecule has 2 nitrogen and oxygen atoms in total. The molecule has 1 aromatic heterocycles. The minimum atomic E-state index is 0.169. The highest BCUT2D eigenvalue weighted by Gasteiger charge is 2.14. The summed E-state index contributed by atoms with van der Waals surface area (Å²) in [5.41, 5.74) is 4.66. The van der Waals surface area contributed by atoms with Crippen molar-refractivity contribution in [3.8, 4) is 11.3 Å². The molecule has 0 fully saturated rings. The lowest BCUT2D eigenvalue weighted by Gasteiger charge is -2.19. The molecule has 0 radical (unpaired) electrons. The van der Waals surface area contributed by atoms with Gasteiger partial charge in [0.2, 0.25) is 0 Å². The molecule has 0 aliphatic carbocycles. The van der Waals surface area contributed by atoms with Gasteiger partial charge in [-0.1, -0.05) is 63.2 Å². The van der Waals surface area contributed by atoms with Crippen molar-refractivity contribution in [1.29, 1.82) is 0 Å². The highest BCUT2D eigenvalue weighted by molar-refractivity contribution is 5.92. The Kier molecular flexibility index (Phi) is 3.25. The minimum Gasteiger partial charge on any atom is -0.233 e. The molecule has 1 heterocycles. The van der Waals surface area contributed by atoms with Gasteiger partial charge in [0.25, 0.3) is 0 Å². The number of hydrogen-bond donors (Lipinski definition) is 0. The van der Waals surface area contributed by atoms with E-state index < -0.39 is 0 Å². The van der Waals surface area contributed by atoms with Crippen LogP contribution in [0.15, 0.2) is 48.5 Å². The predicted molar refractivity (Wildman–Crippen MR) is 88.4 cm³/mol. The van der Waals surface area contributed by atoms with Crippen LogP contribution in [-0.2, 0) is 5.41 Å². The predicted octanol–water partition coefficient (Wildman–Crippen LogP) is 4.90. The average molecular weight is 276 g/mol. The van der Waals surface area contributed by atoms with Gasteiger partial charge in [0.1, 0.15) is 5.82 Å². The smallest absolute Gasteiger partial charge is 0.126 e. The molecule has 3 aromatic rings. The number of fused-ring (bicyclic) bond motifs is 1. The lowest BCUT2D eigenvalue weighted by molar-refractivity contribution is 0.590. The SMILES string of the molecule is Cc1nc(-c2ccc(C(C)(C)C)cc2)c2ccccc2n1. The molecule has 0 bridgehead atoms. The Morgan fingerprint density at radius 2 is 1.48 bits per heavy atom. The van der Waals surface area contributed by atoms with E-state index in [1.54, 1.807) is 0 Å². The molecule has 3 rings (SSSR count). The maximum absolute atomic E-state index is 4.65. The Labute approximate surface area is 125 Å². The molecule has 0 aliphatic rings. The molecule has 0 spiro atoms. The van der Waals surface area contributed by atoms with E-state index in [4.69, 9.17) is 0 Å². The van der Waals surface area contributed by atoms with Gasteiger partial charge in [-0.25, -0.2) is 9.97 Å². The van der Waals surface area contributed by atoms with Gasteiger partial charge < -0.3 is 0 Å². The second-order valence-electron chi connectivity index (χ2n) is 6.46. The maximum atomic E-state index is 4.65. The van der Waals surface area contributed by atoms with Crippen LogP contribution in [0, 0.1) is 6.92 Å². The quantitative estimate of drug-likeness (QED) is 0.631. The highest BCUT2D eigenvalue weighted by Crippen LogP contribution is 2.29. The van der Waals surface area contributed by atoms with Gasteiger partial charge in [-0.3, -0.25) is 0 Å². The summed E-state index contributed by atoms with van der Waals surface area (Å²) in [7, 11) is 0. The van der Waals surface area contributed by atoms with Gasteiger partial charge in [-0.2, -0.15) is 0 Å². The molecular formula is C19H20N2. The maximum Gasteiger partial charge on any atom is 0.126 e. The van der Waals surface area contributed by atoms with Crippen LogP contribution < -0.4 is 0 Å². The minimum absolute atomic E-state index is 0.169. The number of para-hydroxylation sites is 1. The fraction of sp³-hybridized carbons (Fsp3) is 0.263. The van der Waals surface area contributed by atoms with E-state index >= 15 is 0 Å². The standard InChI is InChI=1S/C19H20N2/c1-13-20-17-8-6-5-7-16(17)18(21-13)14-9-11-15(12-10-14)19(2,3)4/h5-12H,1-4H3. The summed E-state index contributed by atoms with van der Waals surface area (Å²) in [5.74, 6) is 0.809. The summed E-state index contributed by atoms with van der Waals surface area (Å²) in [6.45, 7) is 8.63. The fourth-order valence-electron chi connectivity index (χ4n) is 2.54. The first-order chi connectivity index (χ1) is 9.95. The first kappa shape index (κ1) is 13.7. The monoisotopic (exact) mass is 276 g/mol. The molecule has 0 saturated heterocycles. The summed E-state index contributed by atoms with van der Waals surface area (Å²) in [5, 5.41) is 1.10. The number of nitrogens with zero attached hydrogens (tertiary/aromatic N) is 2. The van der Waals surface area contributed by atoms with Gasteiger partial charge >= 0.3 is 0 Å². The molecule has 0 amide bonds. The van der Waals surface area contributed by atoms with E-state index in [0.29, 0.717) is 0 Å². The molecule has 2 heteroatoms. The van der Waals surface area contributed by atoms with Crippen molar-refractivity contribution >= 4 is 10.9 Å². The van der Waals surface area contributed by atoms with Crippen molar-refractivity contribution in [2.75, 3.05) is 0 Å². The zero-order valence-corrected chi connectivity index (χ0v) is 13.0. The van der Waals surface area contributed by atoms with Crippen molar-refractivity contribution in [2.24, 2.45) is 0 Å². The van der Waals surface area contributed by atoms with Crippen LogP contribution in [0.3, 0.4) is 0 Å². The number of aryl methyl sites for hydroxylation is 1. The zero-order chi connectivity index (χ0) is 15.0. The largest absolute Gasteiger partial charge is 0.233 e. The second-order valence-corrected chi connectivity index (χ2v) is 6.46. The summed E-state index contributed by atoms with van der Waals surface area (Å²) in [4.78, 5) is 9.16. The number of rotatable bonds is 1. The second kappa shape index (κ2) is 4.96. The normalized spacial score (nSPS) is 11.8. The van der Waals surface area contributed by atoms with Crippen LogP contribution in [0.5, 0.6) is 0 Å². The lowest BCUT2D eigenvalue weighted by Crippen LogP contribution is -2.10. The summed E-state index contributed by atoms with van der Waals surface area (Å²) in [6, 6.07) is 16.9. The van der Waals surface area contributed by atoms with Crippen molar-refractivity contribution in [1.82, 2.24) is 9.97 Å². The Morgan fingerprint density at radius 3 is 2.14 bits per heavy atom. The van der Waals surface area contributed by atoms with Crippen molar-refractivity contribution in [3.05, 3.63) is 59.9 Å². The van der Waals surface area contributed by atoms with Gasteiger partial charge in [-0.15, -0.1) is 0 Å². The number of hydrogen-bond acceptors (Lipinski definition) is 2. The molecule has 21 heavy (non-hydrogen) atoms. The molecule has 0 unspecified atom stereocenters. The summed E-state index contributed by atoms with van der Waals surface area (Å²) >= 11 is 0. The Bertz CT molecular complexity index is 781. The van der Waals surface area contributed by atoms with Crippen LogP contribution in [-0.4, -0.2) is 9.97 Å². The van der Waals surface area contributed by atoms with Crippen LogP contribution in [0.4, 0.5) is 0 Å². The third-order valence-electron chi connectivity index (χ3n) is 3.74. The Balaban J connectivity index is 2.16. The third-order valence-corrected chi connectivity index (χ3v) is 3.74. The van der Waals surface area contributed by atoms with Gasteiger partial charge in [0, 0.05) is 10.9 Å². The Morgan fingerprint density at radius 1 is 0.810 bits per heavy atom. The fourth-order valence-corrected chi connectivity index (χ4v) is 2.54. The topological polar surface area (TPSA) is 25.8 Å².